The van der Waals surface area contributed by atoms with Crippen molar-refractivity contribution in [1.82, 2.24) is 14.9 Å². The lowest BCUT2D eigenvalue weighted by Crippen LogP contribution is -2.20. The maximum Gasteiger partial charge on any atom is 0.251 e. The van der Waals surface area contributed by atoms with Crippen molar-refractivity contribution in [3.63, 3.8) is 0 Å². The lowest BCUT2D eigenvalue weighted by atomic mass is 10.2. The van der Waals surface area contributed by atoms with Gasteiger partial charge in [-0.3, -0.25) is 9.69 Å². The lowest BCUT2D eigenvalue weighted by molar-refractivity contribution is 0.314. The predicted molar refractivity (Wildman–Crippen MR) is 76.2 cm³/mol. The maximum atomic E-state index is 11.4. The Morgan fingerprint density at radius 2 is 2.05 bits per heavy atom. The summed E-state index contributed by atoms with van der Waals surface area (Å²) >= 11 is 6.12. The van der Waals surface area contributed by atoms with Crippen molar-refractivity contribution >= 4 is 11.6 Å². The van der Waals surface area contributed by atoms with E-state index in [9.17, 15) is 4.79 Å². The zero-order valence-corrected chi connectivity index (χ0v) is 11.7. The molecule has 19 heavy (non-hydrogen) atoms. The summed E-state index contributed by atoms with van der Waals surface area (Å²) in [6, 6.07) is 9.27. The minimum atomic E-state index is -0.117. The molecule has 0 aliphatic carbocycles. The van der Waals surface area contributed by atoms with Gasteiger partial charge in [0, 0.05) is 24.2 Å². The molecule has 1 N–H and O–H groups in total. The van der Waals surface area contributed by atoms with E-state index in [1.54, 1.807) is 6.92 Å². The van der Waals surface area contributed by atoms with Crippen molar-refractivity contribution in [3.05, 3.63) is 62.8 Å². The maximum absolute atomic E-state index is 11.4. The van der Waals surface area contributed by atoms with Crippen molar-refractivity contribution in [3.8, 4) is 0 Å². The highest BCUT2D eigenvalue weighted by Gasteiger charge is 2.06. The molecule has 2 aromatic rings. The molecule has 2 rings (SSSR count). The van der Waals surface area contributed by atoms with Gasteiger partial charge in [0.2, 0.25) is 0 Å². The van der Waals surface area contributed by atoms with Gasteiger partial charge >= 0.3 is 0 Å². The van der Waals surface area contributed by atoms with Gasteiger partial charge in [-0.2, -0.15) is 0 Å². The zero-order valence-electron chi connectivity index (χ0n) is 11.0. The van der Waals surface area contributed by atoms with Crippen LogP contribution in [0.15, 0.2) is 35.1 Å². The molecule has 0 bridgehead atoms. The summed E-state index contributed by atoms with van der Waals surface area (Å²) in [5, 5.41) is 0.754. The molecular weight excluding hydrogens is 262 g/mol. The molecule has 0 saturated heterocycles. The molecule has 1 heterocycles. The van der Waals surface area contributed by atoms with E-state index in [4.69, 9.17) is 11.6 Å². The highest BCUT2D eigenvalue weighted by atomic mass is 35.5. The molecule has 1 aromatic heterocycles. The second kappa shape index (κ2) is 5.99. The quantitative estimate of drug-likeness (QED) is 0.933. The average Bonchev–Trinajstić information content (AvgIpc) is 2.30. The van der Waals surface area contributed by atoms with Gasteiger partial charge < -0.3 is 4.98 Å². The van der Waals surface area contributed by atoms with E-state index in [1.807, 2.05) is 31.3 Å². The predicted octanol–water partition coefficient (Wildman–Crippen LogP) is 2.36. The lowest BCUT2D eigenvalue weighted by Gasteiger charge is -2.17. The Morgan fingerprint density at radius 3 is 2.74 bits per heavy atom. The highest BCUT2D eigenvalue weighted by Crippen LogP contribution is 2.16. The van der Waals surface area contributed by atoms with E-state index in [0.717, 1.165) is 16.3 Å². The summed E-state index contributed by atoms with van der Waals surface area (Å²) in [4.78, 5) is 20.4. The van der Waals surface area contributed by atoms with Crippen LogP contribution in [0.1, 0.15) is 17.1 Å². The van der Waals surface area contributed by atoms with E-state index >= 15 is 0 Å². The molecule has 1 aromatic carbocycles. The third-order valence-electron chi connectivity index (χ3n) is 2.74. The Balaban J connectivity index is 2.07. The van der Waals surface area contributed by atoms with E-state index in [0.29, 0.717) is 18.9 Å². The number of aryl methyl sites for hydroxylation is 1. The van der Waals surface area contributed by atoms with Crippen LogP contribution in [0, 0.1) is 6.92 Å². The number of hydrogen-bond acceptors (Lipinski definition) is 3. The summed E-state index contributed by atoms with van der Waals surface area (Å²) in [6.07, 6.45) is 0. The number of benzene rings is 1. The number of rotatable bonds is 4. The van der Waals surface area contributed by atoms with Gasteiger partial charge in [0.25, 0.3) is 5.56 Å². The van der Waals surface area contributed by atoms with Crippen LogP contribution >= 0.6 is 11.6 Å². The van der Waals surface area contributed by atoms with Crippen LogP contribution in [0.25, 0.3) is 0 Å². The van der Waals surface area contributed by atoms with Gasteiger partial charge in [0.1, 0.15) is 5.82 Å². The molecule has 0 spiro atoms. The van der Waals surface area contributed by atoms with Crippen molar-refractivity contribution in [2.24, 2.45) is 0 Å². The van der Waals surface area contributed by atoms with Gasteiger partial charge in [-0.05, 0) is 25.6 Å². The second-order valence-electron chi connectivity index (χ2n) is 4.59. The average molecular weight is 278 g/mol. The number of aromatic amines is 1. The summed E-state index contributed by atoms with van der Waals surface area (Å²) in [5.41, 5.74) is 1.71. The second-order valence-corrected chi connectivity index (χ2v) is 4.99. The molecule has 0 aliphatic heterocycles. The van der Waals surface area contributed by atoms with Crippen LogP contribution in [0.3, 0.4) is 0 Å². The van der Waals surface area contributed by atoms with Crippen molar-refractivity contribution in [2.75, 3.05) is 7.05 Å². The van der Waals surface area contributed by atoms with Crippen molar-refractivity contribution in [1.29, 1.82) is 0 Å². The number of nitrogens with zero attached hydrogens (tertiary/aromatic N) is 2. The number of aromatic nitrogens is 2. The standard InChI is InChI=1S/C14H16ClN3O/c1-10-16-12(7-14(19)17-10)9-18(2)8-11-5-3-4-6-13(11)15/h3-7H,8-9H2,1-2H3,(H,16,17,19). The zero-order chi connectivity index (χ0) is 13.8. The van der Waals surface area contributed by atoms with E-state index in [-0.39, 0.29) is 5.56 Å². The summed E-state index contributed by atoms with van der Waals surface area (Å²) in [5.74, 6) is 0.633. The summed E-state index contributed by atoms with van der Waals surface area (Å²) in [6.45, 7) is 3.10. The molecule has 0 aliphatic rings. The third kappa shape index (κ3) is 3.91. The van der Waals surface area contributed by atoms with Crippen LogP contribution in [-0.4, -0.2) is 21.9 Å². The Kier molecular flexibility index (Phi) is 4.35. The number of hydrogen-bond donors (Lipinski definition) is 1. The van der Waals surface area contributed by atoms with E-state index < -0.39 is 0 Å². The first-order valence-electron chi connectivity index (χ1n) is 6.03. The molecule has 0 radical (unpaired) electrons. The monoisotopic (exact) mass is 277 g/mol. The Bertz CT molecular complexity index is 624. The van der Waals surface area contributed by atoms with Crippen LogP contribution in [-0.2, 0) is 13.1 Å². The number of H-pyrrole nitrogens is 1. The fourth-order valence-electron chi connectivity index (χ4n) is 1.97. The minimum Gasteiger partial charge on any atom is -0.311 e. The van der Waals surface area contributed by atoms with Gasteiger partial charge in [0.05, 0.1) is 5.69 Å². The Labute approximate surface area is 117 Å². The van der Waals surface area contributed by atoms with E-state index in [1.165, 1.54) is 6.07 Å². The smallest absolute Gasteiger partial charge is 0.251 e. The molecule has 100 valence electrons. The molecular formula is C14H16ClN3O. The first-order chi connectivity index (χ1) is 9.04. The van der Waals surface area contributed by atoms with Crippen LogP contribution < -0.4 is 5.56 Å². The Morgan fingerprint density at radius 1 is 1.32 bits per heavy atom. The van der Waals surface area contributed by atoms with Gasteiger partial charge in [0.15, 0.2) is 0 Å². The molecule has 0 amide bonds. The summed E-state index contributed by atoms with van der Waals surface area (Å²) < 4.78 is 0. The molecule has 0 fully saturated rings. The summed E-state index contributed by atoms with van der Waals surface area (Å²) in [7, 11) is 1.97. The van der Waals surface area contributed by atoms with Crippen molar-refractivity contribution in [2.45, 2.75) is 20.0 Å². The van der Waals surface area contributed by atoms with Crippen LogP contribution in [0.2, 0.25) is 5.02 Å². The highest BCUT2D eigenvalue weighted by molar-refractivity contribution is 6.31. The number of halogens is 1. The molecule has 5 heteroatoms. The van der Waals surface area contributed by atoms with Crippen molar-refractivity contribution < 1.29 is 0 Å². The van der Waals surface area contributed by atoms with Gasteiger partial charge in [-0.25, -0.2) is 4.98 Å². The number of nitrogens with one attached hydrogen (secondary N) is 1. The van der Waals surface area contributed by atoms with E-state index in [2.05, 4.69) is 14.9 Å². The molecule has 4 nitrogen and oxygen atoms in total. The van der Waals surface area contributed by atoms with Crippen LogP contribution in [0.5, 0.6) is 0 Å². The van der Waals surface area contributed by atoms with Crippen LogP contribution in [0.4, 0.5) is 0 Å². The SMILES string of the molecule is Cc1nc(CN(C)Cc2ccccc2Cl)cc(=O)[nH]1. The topological polar surface area (TPSA) is 49.0 Å². The molecule has 0 atom stereocenters. The molecule has 0 unspecified atom stereocenters. The first kappa shape index (κ1) is 13.8. The fraction of sp³-hybridized carbons (Fsp3) is 0.286. The van der Waals surface area contributed by atoms with Gasteiger partial charge in [-0.1, -0.05) is 29.8 Å². The normalized spacial score (nSPS) is 10.9. The third-order valence-corrected chi connectivity index (χ3v) is 3.11. The minimum absolute atomic E-state index is 0.117. The molecule has 0 saturated carbocycles. The fourth-order valence-corrected chi connectivity index (χ4v) is 2.17. The van der Waals surface area contributed by atoms with Gasteiger partial charge in [-0.15, -0.1) is 0 Å². The first-order valence-corrected chi connectivity index (χ1v) is 6.41. The largest absolute Gasteiger partial charge is 0.311 e. The Hall–Kier alpha value is -1.65.